The Hall–Kier alpha value is -3.02. The molecule has 200 valence electrons. The first-order valence-electron chi connectivity index (χ1n) is 13.3. The second-order valence-corrected chi connectivity index (χ2v) is 11.8. The highest BCUT2D eigenvalue weighted by molar-refractivity contribution is 6.30. The van der Waals surface area contributed by atoms with E-state index >= 15 is 0 Å². The highest BCUT2D eigenvalue weighted by Gasteiger charge is 2.29. The highest BCUT2D eigenvalue weighted by atomic mass is 35.5. The first-order chi connectivity index (χ1) is 18.0. The third-order valence-electron chi connectivity index (χ3n) is 7.30. The molecule has 1 saturated heterocycles. The molecule has 6 heteroatoms. The summed E-state index contributed by atoms with van der Waals surface area (Å²) in [5.74, 6) is 0.225. The van der Waals surface area contributed by atoms with Gasteiger partial charge in [0.2, 0.25) is 0 Å². The number of pyridine rings is 1. The molecule has 0 bridgehead atoms. The monoisotopic (exact) mass is 532 g/mol. The fourth-order valence-electron chi connectivity index (χ4n) is 4.99. The Labute approximate surface area is 231 Å². The van der Waals surface area contributed by atoms with Crippen LogP contribution >= 0.6 is 11.6 Å². The quantitative estimate of drug-likeness (QED) is 0.296. The van der Waals surface area contributed by atoms with Crippen molar-refractivity contribution in [3.8, 4) is 0 Å². The van der Waals surface area contributed by atoms with Gasteiger partial charge in [-0.15, -0.1) is 5.06 Å². The van der Waals surface area contributed by atoms with E-state index in [0.29, 0.717) is 22.9 Å². The molecule has 2 heterocycles. The largest absolute Gasteiger partial charge is 0.367 e. The molecule has 0 radical (unpaired) electrons. The van der Waals surface area contributed by atoms with Gasteiger partial charge >= 0.3 is 5.97 Å². The van der Waals surface area contributed by atoms with Gasteiger partial charge in [0, 0.05) is 47.9 Å². The van der Waals surface area contributed by atoms with E-state index in [4.69, 9.17) is 16.4 Å². The Morgan fingerprint density at radius 3 is 2.32 bits per heavy atom. The van der Waals surface area contributed by atoms with Crippen LogP contribution in [0, 0.1) is 19.3 Å². The number of ketones is 1. The van der Waals surface area contributed by atoms with Gasteiger partial charge in [-0.05, 0) is 99.9 Å². The minimum Gasteiger partial charge on any atom is -0.367 e. The number of carbonyl (C=O) groups is 2. The van der Waals surface area contributed by atoms with Crippen LogP contribution in [0.5, 0.6) is 0 Å². The number of aromatic nitrogens is 1. The fourth-order valence-corrected chi connectivity index (χ4v) is 5.22. The molecule has 1 atom stereocenters. The SMILES string of the molecule is Cc1cc(C(=O)C[C@H](c2ccc(C3CCN(OC(=O)C(C)(C)C)CC3)cc2)c2ccc(Cl)cc2C)ccn1. The number of benzene rings is 2. The second kappa shape index (κ2) is 11.8. The van der Waals surface area contributed by atoms with E-state index in [1.165, 1.54) is 5.56 Å². The molecule has 38 heavy (non-hydrogen) atoms. The average Bonchev–Trinajstić information content (AvgIpc) is 2.87. The van der Waals surface area contributed by atoms with E-state index in [2.05, 4.69) is 29.2 Å². The number of hydrogen-bond donors (Lipinski definition) is 0. The summed E-state index contributed by atoms with van der Waals surface area (Å²) in [5, 5.41) is 2.49. The molecule has 0 saturated carbocycles. The maximum absolute atomic E-state index is 13.3. The van der Waals surface area contributed by atoms with E-state index in [1.807, 2.05) is 58.9 Å². The van der Waals surface area contributed by atoms with Crippen molar-refractivity contribution in [2.75, 3.05) is 13.1 Å². The molecule has 4 rings (SSSR count). The third-order valence-corrected chi connectivity index (χ3v) is 7.54. The van der Waals surface area contributed by atoms with Crippen molar-refractivity contribution in [2.45, 2.75) is 65.7 Å². The number of piperidine rings is 1. The number of carbonyl (C=O) groups excluding carboxylic acids is 2. The topological polar surface area (TPSA) is 59.5 Å². The van der Waals surface area contributed by atoms with Crippen molar-refractivity contribution in [2.24, 2.45) is 5.41 Å². The molecular weight excluding hydrogens is 496 g/mol. The zero-order valence-corrected chi connectivity index (χ0v) is 23.7. The summed E-state index contributed by atoms with van der Waals surface area (Å²) in [6, 6.07) is 18.2. The van der Waals surface area contributed by atoms with Crippen LogP contribution in [-0.4, -0.2) is 34.9 Å². The summed E-state index contributed by atoms with van der Waals surface area (Å²) in [7, 11) is 0. The van der Waals surface area contributed by atoms with Crippen molar-refractivity contribution in [1.82, 2.24) is 10.0 Å². The van der Waals surface area contributed by atoms with E-state index in [-0.39, 0.29) is 17.7 Å². The zero-order chi connectivity index (χ0) is 27.4. The van der Waals surface area contributed by atoms with Crippen LogP contribution in [0.4, 0.5) is 0 Å². The number of halogens is 1. The van der Waals surface area contributed by atoms with Crippen LogP contribution in [0.3, 0.4) is 0 Å². The van der Waals surface area contributed by atoms with Crippen molar-refractivity contribution in [3.05, 3.63) is 99.3 Å². The first kappa shape index (κ1) is 28.0. The number of hydroxylamine groups is 2. The summed E-state index contributed by atoms with van der Waals surface area (Å²) in [6.45, 7) is 11.0. The van der Waals surface area contributed by atoms with Gasteiger partial charge in [-0.25, -0.2) is 4.79 Å². The van der Waals surface area contributed by atoms with Gasteiger partial charge in [-0.1, -0.05) is 41.9 Å². The summed E-state index contributed by atoms with van der Waals surface area (Å²) >= 11 is 6.25. The lowest BCUT2D eigenvalue weighted by atomic mass is 9.82. The molecule has 3 aromatic rings. The first-order valence-corrected chi connectivity index (χ1v) is 13.7. The second-order valence-electron chi connectivity index (χ2n) is 11.4. The summed E-state index contributed by atoms with van der Waals surface area (Å²) < 4.78 is 0. The van der Waals surface area contributed by atoms with Crippen LogP contribution in [0.2, 0.25) is 5.02 Å². The predicted octanol–water partition coefficient (Wildman–Crippen LogP) is 7.44. The van der Waals surface area contributed by atoms with Gasteiger partial charge in [0.1, 0.15) is 0 Å². The van der Waals surface area contributed by atoms with Gasteiger partial charge in [0.05, 0.1) is 5.41 Å². The molecule has 1 fully saturated rings. The molecule has 5 nitrogen and oxygen atoms in total. The molecule has 0 unspecified atom stereocenters. The molecule has 0 aliphatic carbocycles. The molecule has 0 amide bonds. The van der Waals surface area contributed by atoms with Crippen molar-refractivity contribution in [1.29, 1.82) is 0 Å². The Bertz CT molecular complexity index is 1290. The zero-order valence-electron chi connectivity index (χ0n) is 23.0. The summed E-state index contributed by atoms with van der Waals surface area (Å²) in [5.41, 5.74) is 5.57. The van der Waals surface area contributed by atoms with E-state index in [9.17, 15) is 9.59 Å². The molecule has 0 N–H and O–H groups in total. The number of nitrogens with zero attached hydrogens (tertiary/aromatic N) is 2. The average molecular weight is 533 g/mol. The number of rotatable bonds is 7. The van der Waals surface area contributed by atoms with Gasteiger partial charge in [-0.2, -0.15) is 0 Å². The molecule has 1 aromatic heterocycles. The molecular formula is C32H37ClN2O3. The molecule has 2 aromatic carbocycles. The standard InChI is InChI=1S/C32H37ClN2O3/c1-21-18-27(33)10-11-28(21)29(20-30(36)26-12-15-34-22(2)19-26)25-8-6-23(7-9-25)24-13-16-35(17-14-24)38-31(37)32(3,4)5/h6-12,15,18-19,24,29H,13-14,16-17,20H2,1-5H3/t29-/m1/s1. The predicted molar refractivity (Wildman–Crippen MR) is 151 cm³/mol. The van der Waals surface area contributed by atoms with E-state index in [0.717, 1.165) is 48.3 Å². The van der Waals surface area contributed by atoms with Crippen LogP contribution in [0.15, 0.2) is 60.8 Å². The van der Waals surface area contributed by atoms with Gasteiger partial charge in [0.15, 0.2) is 5.78 Å². The van der Waals surface area contributed by atoms with Crippen LogP contribution in [0.1, 0.15) is 90.2 Å². The minimum atomic E-state index is -0.511. The maximum atomic E-state index is 13.3. The van der Waals surface area contributed by atoms with Crippen molar-refractivity contribution in [3.63, 3.8) is 0 Å². The van der Waals surface area contributed by atoms with Crippen molar-refractivity contribution < 1.29 is 14.4 Å². The Kier molecular flexibility index (Phi) is 8.69. The fraction of sp³-hybridized carbons (Fsp3) is 0.406. The van der Waals surface area contributed by atoms with E-state index in [1.54, 1.807) is 17.3 Å². The Balaban J connectivity index is 1.51. The number of hydrogen-bond acceptors (Lipinski definition) is 5. The highest BCUT2D eigenvalue weighted by Crippen LogP contribution is 2.35. The van der Waals surface area contributed by atoms with Gasteiger partial charge in [0.25, 0.3) is 0 Å². The molecule has 1 aliphatic heterocycles. The van der Waals surface area contributed by atoms with Crippen LogP contribution in [-0.2, 0) is 9.63 Å². The van der Waals surface area contributed by atoms with E-state index < -0.39 is 5.41 Å². The van der Waals surface area contributed by atoms with Crippen molar-refractivity contribution >= 4 is 23.4 Å². The van der Waals surface area contributed by atoms with Gasteiger partial charge in [-0.3, -0.25) is 9.78 Å². The van der Waals surface area contributed by atoms with Crippen LogP contribution < -0.4 is 0 Å². The third kappa shape index (κ3) is 6.89. The lowest BCUT2D eigenvalue weighted by Gasteiger charge is -2.32. The number of aryl methyl sites for hydroxylation is 2. The van der Waals surface area contributed by atoms with Gasteiger partial charge < -0.3 is 4.84 Å². The molecule has 0 spiro atoms. The normalized spacial score (nSPS) is 15.7. The summed E-state index contributed by atoms with van der Waals surface area (Å²) in [6.07, 6.45) is 3.91. The minimum absolute atomic E-state index is 0.0825. The lowest BCUT2D eigenvalue weighted by molar-refractivity contribution is -0.204. The maximum Gasteiger partial charge on any atom is 0.330 e. The Morgan fingerprint density at radius 1 is 1.03 bits per heavy atom. The lowest BCUT2D eigenvalue weighted by Crippen LogP contribution is -2.38. The molecule has 1 aliphatic rings. The van der Waals surface area contributed by atoms with Crippen LogP contribution in [0.25, 0.3) is 0 Å². The summed E-state index contributed by atoms with van der Waals surface area (Å²) in [4.78, 5) is 35.4. The number of Topliss-reactive ketones (excluding diaryl/α,β-unsaturated/α-hetero) is 1. The Morgan fingerprint density at radius 2 is 1.71 bits per heavy atom. The smallest absolute Gasteiger partial charge is 0.330 e.